The van der Waals surface area contributed by atoms with Gasteiger partial charge in [-0.25, -0.2) is 19.9 Å². The number of fused-ring (bicyclic) bond motifs is 8. The summed E-state index contributed by atoms with van der Waals surface area (Å²) in [6.45, 7) is 23.4. The van der Waals surface area contributed by atoms with E-state index in [0.717, 1.165) is 67.1 Å². The second-order valence-corrected chi connectivity index (χ2v) is 34.5. The number of aromatic nitrogens is 4. The van der Waals surface area contributed by atoms with Crippen LogP contribution in [-0.2, 0) is 10.8 Å². The number of benzene rings is 6. The van der Waals surface area contributed by atoms with Crippen LogP contribution in [0.4, 0.5) is 0 Å². The largest absolute Gasteiger partial charge is 0.244 e. The van der Waals surface area contributed by atoms with Gasteiger partial charge in [-0.15, -0.1) is 47.0 Å². The van der Waals surface area contributed by atoms with Gasteiger partial charge in [-0.1, -0.05) is 300 Å². The second-order valence-electron chi connectivity index (χ2n) is 29.9. The maximum atomic E-state index is 5.87. The normalized spacial score (nSPS) is 12.6. The van der Waals surface area contributed by atoms with Gasteiger partial charge in [-0.05, 0) is 119 Å². The summed E-state index contributed by atoms with van der Waals surface area (Å²) in [5, 5.41) is 7.26. The monoisotopic (exact) mass is 1320 g/mol. The van der Waals surface area contributed by atoms with E-state index in [2.05, 4.69) is 165 Å². The molecule has 0 saturated heterocycles. The summed E-state index contributed by atoms with van der Waals surface area (Å²) in [5.74, 6) is 4.58. The minimum absolute atomic E-state index is 0.116. The van der Waals surface area contributed by atoms with Crippen molar-refractivity contribution in [2.75, 3.05) is 23.0 Å². The molecule has 0 amide bonds. The second kappa shape index (κ2) is 40.0. The van der Waals surface area contributed by atoms with Gasteiger partial charge in [0.1, 0.15) is 0 Å². The highest BCUT2D eigenvalue weighted by molar-refractivity contribution is 8.02. The van der Waals surface area contributed by atoms with Crippen LogP contribution in [0.2, 0.25) is 0 Å². The summed E-state index contributed by atoms with van der Waals surface area (Å²) in [7, 11) is 0. The van der Waals surface area contributed by atoms with E-state index >= 15 is 0 Å². The molecule has 0 saturated carbocycles. The minimum Gasteiger partial charge on any atom is -0.244 e. The quantitative estimate of drug-likeness (QED) is 0.0162. The molecule has 2 heterocycles. The minimum atomic E-state index is -0.116. The Morgan fingerprint density at radius 1 is 0.239 bits per heavy atom. The molecule has 0 spiro atoms. The molecule has 4 nitrogen and oxygen atoms in total. The Bertz CT molecular complexity index is 3010. The average molecular weight is 1320 g/mol. The smallest absolute Gasteiger partial charge is 0.0979 e. The first-order valence-electron chi connectivity index (χ1n) is 38.5. The molecule has 0 fully saturated rings. The fraction of sp³-hybridized carbons (Fsp3) is 0.667. The molecule has 0 aliphatic rings. The number of rotatable bonds is 48. The predicted molar refractivity (Wildman–Crippen MR) is 419 cm³/mol. The van der Waals surface area contributed by atoms with E-state index in [9.17, 15) is 0 Å². The lowest BCUT2D eigenvalue weighted by Gasteiger charge is -2.25. The molecule has 0 unspecified atom stereocenters. The van der Waals surface area contributed by atoms with E-state index in [1.807, 2.05) is 0 Å². The molecular formula is C84H126N4S4. The molecule has 6 aromatic carbocycles. The van der Waals surface area contributed by atoms with Gasteiger partial charge in [0.05, 0.1) is 44.1 Å². The van der Waals surface area contributed by atoms with Gasteiger partial charge < -0.3 is 0 Å². The van der Waals surface area contributed by atoms with Gasteiger partial charge in [-0.2, -0.15) is 0 Å². The van der Waals surface area contributed by atoms with Crippen LogP contribution in [0, 0.1) is 0 Å². The first-order valence-corrected chi connectivity index (χ1v) is 42.4. The van der Waals surface area contributed by atoms with Gasteiger partial charge in [0, 0.05) is 51.9 Å². The van der Waals surface area contributed by atoms with Crippen molar-refractivity contribution < 1.29 is 0 Å². The highest BCUT2D eigenvalue weighted by Gasteiger charge is 2.27. The van der Waals surface area contributed by atoms with Gasteiger partial charge >= 0.3 is 0 Å². The number of unbranched alkanes of at least 4 members (excludes halogenated alkanes) is 36. The van der Waals surface area contributed by atoms with Crippen molar-refractivity contribution in [3.05, 3.63) is 59.7 Å². The number of hydrogen-bond donors (Lipinski definition) is 0. The van der Waals surface area contributed by atoms with Crippen LogP contribution < -0.4 is 0 Å². The Morgan fingerprint density at radius 3 is 0.587 bits per heavy atom. The maximum Gasteiger partial charge on any atom is 0.0979 e. The molecule has 0 radical (unpaired) electrons. The number of thioether (sulfide) groups is 4. The third-order valence-electron chi connectivity index (χ3n) is 19.8. The molecule has 92 heavy (non-hydrogen) atoms. The molecule has 0 aliphatic heterocycles. The standard InChI is InChI=1S/C84H126N4S4/c1-11-15-19-23-27-31-35-39-43-47-51-89-73-59-69-70(60-74(73)90-52-48-44-40-36-32-28-24-20-16-12-2)86-80-66-56-64(84(8,9)10)58-68-78(66)77-65(79(80)85-69)55-63(83(5,6)7)57-67(77)81-82(68)88-72-62-76(92-54-50-46-42-38-34-30-26-22-18-14-4)75(61-71(72)87-81)91-53-49-45-41-37-33-29-25-21-17-13-3/h55-62H,11-54H2,1-10H3. The van der Waals surface area contributed by atoms with Crippen molar-refractivity contribution >= 4 is 123 Å². The third kappa shape index (κ3) is 22.5. The van der Waals surface area contributed by atoms with E-state index in [1.54, 1.807) is 0 Å². The molecule has 0 bridgehead atoms. The summed E-state index contributed by atoms with van der Waals surface area (Å²) in [4.78, 5) is 29.0. The fourth-order valence-corrected chi connectivity index (χ4v) is 18.4. The van der Waals surface area contributed by atoms with E-state index < -0.39 is 0 Å². The van der Waals surface area contributed by atoms with Crippen molar-refractivity contribution in [3.8, 4) is 0 Å². The van der Waals surface area contributed by atoms with Gasteiger partial charge in [-0.3, -0.25) is 0 Å². The van der Waals surface area contributed by atoms with Gasteiger partial charge in [0.15, 0.2) is 0 Å². The van der Waals surface area contributed by atoms with Gasteiger partial charge in [0.2, 0.25) is 0 Å². The summed E-state index contributed by atoms with van der Waals surface area (Å²) in [5.41, 5.74) is 10.4. The zero-order valence-electron chi connectivity index (χ0n) is 60.2. The lowest BCUT2D eigenvalue weighted by Crippen LogP contribution is -2.12. The summed E-state index contributed by atoms with van der Waals surface area (Å²) < 4.78 is 0. The van der Waals surface area contributed by atoms with Crippen LogP contribution in [0.5, 0.6) is 0 Å². The summed E-state index contributed by atoms with van der Waals surface area (Å²) in [6, 6.07) is 19.6. The average Bonchev–Trinajstić information content (AvgIpc) is 0.693. The zero-order chi connectivity index (χ0) is 65.0. The zero-order valence-corrected chi connectivity index (χ0v) is 63.4. The SMILES string of the molecule is CCCCCCCCCCCCSc1cc2nc3c4cc(C(C)(C)C)cc5c6nc7cc(SCCCCCCCCCCCC)c(SCCCCCCCCCCCC)cc7nc6c6cc(C(C)(C)C)cc(c3nc2cc1SCCCCCCCCCCCC)c6c45. The Balaban J connectivity index is 1.17. The third-order valence-corrected chi connectivity index (χ3v) is 24.6. The van der Waals surface area contributed by atoms with Crippen LogP contribution in [0.25, 0.3) is 76.5 Å². The highest BCUT2D eigenvalue weighted by atomic mass is 32.2. The van der Waals surface area contributed by atoms with Crippen LogP contribution in [0.1, 0.15) is 337 Å². The maximum absolute atomic E-state index is 5.87. The lowest BCUT2D eigenvalue weighted by molar-refractivity contribution is 0.563. The first kappa shape index (κ1) is 74.7. The molecule has 0 atom stereocenters. The molecule has 0 N–H and O–H groups in total. The van der Waals surface area contributed by atoms with Crippen molar-refractivity contribution in [1.29, 1.82) is 0 Å². The van der Waals surface area contributed by atoms with E-state index in [-0.39, 0.29) is 10.8 Å². The first-order chi connectivity index (χ1) is 44.8. The van der Waals surface area contributed by atoms with Crippen LogP contribution in [0.3, 0.4) is 0 Å². The Kier molecular flexibility index (Phi) is 32.5. The Labute approximate surface area is 578 Å². The number of hydrogen-bond acceptors (Lipinski definition) is 8. The van der Waals surface area contributed by atoms with Crippen molar-refractivity contribution in [2.24, 2.45) is 0 Å². The molecule has 2 aromatic heterocycles. The predicted octanol–water partition coefficient (Wildman–Crippen LogP) is 29.4. The van der Waals surface area contributed by atoms with E-state index in [4.69, 9.17) is 19.9 Å². The van der Waals surface area contributed by atoms with E-state index in [1.165, 1.54) is 320 Å². The summed E-state index contributed by atoms with van der Waals surface area (Å²) >= 11 is 8.27. The number of nitrogens with zero attached hydrogens (tertiary/aromatic N) is 4. The Morgan fingerprint density at radius 2 is 0.413 bits per heavy atom. The fourth-order valence-electron chi connectivity index (χ4n) is 13.9. The molecular weight excluding hydrogens is 1190 g/mol. The van der Waals surface area contributed by atoms with Crippen molar-refractivity contribution in [2.45, 2.75) is 356 Å². The molecule has 0 aliphatic carbocycles. The molecule has 506 valence electrons. The van der Waals surface area contributed by atoms with E-state index in [0.29, 0.717) is 0 Å². The Hall–Kier alpha value is -3.04. The lowest BCUT2D eigenvalue weighted by atomic mass is 9.80. The van der Waals surface area contributed by atoms with Crippen LogP contribution in [-0.4, -0.2) is 42.9 Å². The van der Waals surface area contributed by atoms with Crippen LogP contribution in [0.15, 0.2) is 68.1 Å². The van der Waals surface area contributed by atoms with Crippen molar-refractivity contribution in [3.63, 3.8) is 0 Å². The van der Waals surface area contributed by atoms with Crippen molar-refractivity contribution in [1.82, 2.24) is 19.9 Å². The summed E-state index contributed by atoms with van der Waals surface area (Å²) in [6.07, 6.45) is 54.6. The molecule has 8 heteroatoms. The molecule has 8 aromatic rings. The molecule has 8 rings (SSSR count). The van der Waals surface area contributed by atoms with Crippen LogP contribution >= 0.6 is 47.0 Å². The topological polar surface area (TPSA) is 51.6 Å². The van der Waals surface area contributed by atoms with Gasteiger partial charge in [0.25, 0.3) is 0 Å². The highest BCUT2D eigenvalue weighted by Crippen LogP contribution is 2.48.